The Morgan fingerprint density at radius 1 is 1.50 bits per heavy atom. The third-order valence-electron chi connectivity index (χ3n) is 3.30. The van der Waals surface area contributed by atoms with Gasteiger partial charge in [-0.05, 0) is 30.7 Å². The summed E-state index contributed by atoms with van der Waals surface area (Å²) in [6.45, 7) is 4.31. The quantitative estimate of drug-likeness (QED) is 0.692. The van der Waals surface area contributed by atoms with Gasteiger partial charge in [0.2, 0.25) is 11.8 Å². The van der Waals surface area contributed by atoms with Gasteiger partial charge in [-0.15, -0.1) is 0 Å². The maximum Gasteiger partial charge on any atom is 0.234 e. The number of amides is 2. The number of piperazine rings is 1. The summed E-state index contributed by atoms with van der Waals surface area (Å²) in [6, 6.07) is 5.39. The smallest absolute Gasteiger partial charge is 0.234 e. The molecule has 1 saturated heterocycles. The van der Waals surface area contributed by atoms with Crippen molar-refractivity contribution in [3.05, 3.63) is 23.8 Å². The second-order valence-corrected chi connectivity index (χ2v) is 5.00. The highest BCUT2D eigenvalue weighted by Gasteiger charge is 2.16. The third-order valence-corrected chi connectivity index (χ3v) is 3.30. The van der Waals surface area contributed by atoms with Crippen LogP contribution in [0, 0.1) is 6.92 Å². The molecular formula is C14H20N4O2. The Balaban J connectivity index is 1.81. The van der Waals surface area contributed by atoms with E-state index in [2.05, 4.69) is 10.6 Å². The van der Waals surface area contributed by atoms with Crippen molar-refractivity contribution in [1.29, 1.82) is 0 Å². The van der Waals surface area contributed by atoms with Gasteiger partial charge in [-0.25, -0.2) is 0 Å². The fraction of sp³-hybridized carbons (Fsp3) is 0.429. The Morgan fingerprint density at radius 2 is 2.30 bits per heavy atom. The molecule has 0 atom stereocenters. The van der Waals surface area contributed by atoms with Crippen LogP contribution in [0.2, 0.25) is 0 Å². The Hall–Kier alpha value is -2.08. The van der Waals surface area contributed by atoms with E-state index < -0.39 is 0 Å². The van der Waals surface area contributed by atoms with E-state index in [0.717, 1.165) is 17.8 Å². The minimum Gasteiger partial charge on any atom is -0.399 e. The maximum absolute atomic E-state index is 11.9. The molecule has 6 heteroatoms. The molecule has 1 fully saturated rings. The van der Waals surface area contributed by atoms with Gasteiger partial charge in [0.25, 0.3) is 0 Å². The van der Waals surface area contributed by atoms with Crippen LogP contribution < -0.4 is 16.4 Å². The molecule has 0 unspecified atom stereocenters. The Labute approximate surface area is 118 Å². The summed E-state index contributed by atoms with van der Waals surface area (Å²) < 4.78 is 0. The molecule has 1 aromatic rings. The number of aryl methyl sites for hydroxylation is 1. The van der Waals surface area contributed by atoms with E-state index in [1.807, 2.05) is 17.9 Å². The van der Waals surface area contributed by atoms with Crippen molar-refractivity contribution < 1.29 is 9.59 Å². The van der Waals surface area contributed by atoms with Crippen LogP contribution in [0.15, 0.2) is 18.2 Å². The number of nitrogens with zero attached hydrogens (tertiary/aromatic N) is 1. The molecule has 6 nitrogen and oxygen atoms in total. The Bertz CT molecular complexity index is 516. The molecule has 1 aromatic carbocycles. The van der Waals surface area contributed by atoms with Gasteiger partial charge in [-0.2, -0.15) is 0 Å². The van der Waals surface area contributed by atoms with Crippen LogP contribution in [-0.2, 0) is 9.59 Å². The standard InChI is InChI=1S/C14H20N4O2/c1-10-8-11(15)2-3-12(10)17-13(19)4-6-18-7-5-16-14(20)9-18/h2-3,8H,4-7,9,15H2,1H3,(H,16,20)(H,17,19). The lowest BCUT2D eigenvalue weighted by Gasteiger charge is -2.26. The highest BCUT2D eigenvalue weighted by Crippen LogP contribution is 2.17. The molecule has 4 N–H and O–H groups in total. The minimum atomic E-state index is -0.0520. The van der Waals surface area contributed by atoms with Crippen molar-refractivity contribution >= 4 is 23.2 Å². The van der Waals surface area contributed by atoms with E-state index in [-0.39, 0.29) is 11.8 Å². The summed E-state index contributed by atoms with van der Waals surface area (Å²) in [7, 11) is 0. The topological polar surface area (TPSA) is 87.5 Å². The molecule has 0 radical (unpaired) electrons. The largest absolute Gasteiger partial charge is 0.399 e. The number of rotatable bonds is 4. The van der Waals surface area contributed by atoms with Crippen molar-refractivity contribution in [1.82, 2.24) is 10.2 Å². The number of nitrogens with two attached hydrogens (primary N) is 1. The van der Waals surface area contributed by atoms with Gasteiger partial charge >= 0.3 is 0 Å². The summed E-state index contributed by atoms with van der Waals surface area (Å²) in [5.41, 5.74) is 8.07. The highest BCUT2D eigenvalue weighted by atomic mass is 16.2. The van der Waals surface area contributed by atoms with Crippen LogP contribution in [-0.4, -0.2) is 42.9 Å². The average Bonchev–Trinajstić information content (AvgIpc) is 2.40. The number of hydrogen-bond donors (Lipinski definition) is 3. The molecule has 20 heavy (non-hydrogen) atoms. The van der Waals surface area contributed by atoms with Crippen LogP contribution in [0.4, 0.5) is 11.4 Å². The third kappa shape index (κ3) is 3.96. The van der Waals surface area contributed by atoms with Crippen LogP contribution >= 0.6 is 0 Å². The zero-order chi connectivity index (χ0) is 14.5. The van der Waals surface area contributed by atoms with Gasteiger partial charge < -0.3 is 16.4 Å². The number of hydrogen-bond acceptors (Lipinski definition) is 4. The zero-order valence-electron chi connectivity index (χ0n) is 11.6. The van der Waals surface area contributed by atoms with E-state index in [1.165, 1.54) is 0 Å². The normalized spacial score (nSPS) is 15.8. The summed E-state index contributed by atoms with van der Waals surface area (Å²) in [6.07, 6.45) is 0.372. The van der Waals surface area contributed by atoms with E-state index in [9.17, 15) is 9.59 Å². The predicted octanol–water partition coefficient (Wildman–Crippen LogP) is 0.338. The second-order valence-electron chi connectivity index (χ2n) is 5.00. The number of nitrogens with one attached hydrogen (secondary N) is 2. The average molecular weight is 276 g/mol. The first-order chi connectivity index (χ1) is 9.54. The molecule has 0 bridgehead atoms. The molecule has 108 valence electrons. The number of carbonyl (C=O) groups excluding carboxylic acids is 2. The van der Waals surface area contributed by atoms with Gasteiger partial charge in [-0.1, -0.05) is 0 Å². The molecule has 0 saturated carbocycles. The summed E-state index contributed by atoms with van der Waals surface area (Å²) in [5.74, 6) is -0.0325. The molecule has 0 spiro atoms. The molecule has 0 aromatic heterocycles. The van der Waals surface area contributed by atoms with E-state index in [1.54, 1.807) is 12.1 Å². The van der Waals surface area contributed by atoms with Gasteiger partial charge in [0.15, 0.2) is 0 Å². The van der Waals surface area contributed by atoms with E-state index in [4.69, 9.17) is 5.73 Å². The molecule has 2 rings (SSSR count). The van der Waals surface area contributed by atoms with Gasteiger partial charge in [0.1, 0.15) is 0 Å². The summed E-state index contributed by atoms with van der Waals surface area (Å²) in [4.78, 5) is 25.1. The monoisotopic (exact) mass is 276 g/mol. The number of benzene rings is 1. The molecule has 2 amide bonds. The lowest BCUT2D eigenvalue weighted by atomic mass is 10.1. The lowest BCUT2D eigenvalue weighted by molar-refractivity contribution is -0.125. The first-order valence-electron chi connectivity index (χ1n) is 6.69. The molecular weight excluding hydrogens is 256 g/mol. The van der Waals surface area contributed by atoms with E-state index in [0.29, 0.717) is 31.7 Å². The second kappa shape index (κ2) is 6.38. The summed E-state index contributed by atoms with van der Waals surface area (Å²) >= 11 is 0. The fourth-order valence-corrected chi connectivity index (χ4v) is 2.18. The van der Waals surface area contributed by atoms with E-state index >= 15 is 0 Å². The van der Waals surface area contributed by atoms with Gasteiger partial charge in [-0.3, -0.25) is 14.5 Å². The summed E-state index contributed by atoms with van der Waals surface area (Å²) in [5, 5.41) is 5.63. The Morgan fingerprint density at radius 3 is 3.00 bits per heavy atom. The predicted molar refractivity (Wildman–Crippen MR) is 78.3 cm³/mol. The number of anilines is 2. The molecule has 1 aliphatic rings. The minimum absolute atomic E-state index is 0.0195. The maximum atomic E-state index is 11.9. The van der Waals surface area contributed by atoms with Gasteiger partial charge in [0, 0.05) is 37.4 Å². The highest BCUT2D eigenvalue weighted by molar-refractivity contribution is 5.91. The van der Waals surface area contributed by atoms with Gasteiger partial charge in [0.05, 0.1) is 6.54 Å². The van der Waals surface area contributed by atoms with Crippen LogP contribution in [0.25, 0.3) is 0 Å². The Kier molecular flexibility index (Phi) is 4.57. The van der Waals surface area contributed by atoms with Crippen molar-refractivity contribution in [3.8, 4) is 0 Å². The molecule has 1 heterocycles. The first kappa shape index (κ1) is 14.3. The first-order valence-corrected chi connectivity index (χ1v) is 6.69. The fourth-order valence-electron chi connectivity index (χ4n) is 2.18. The molecule has 0 aliphatic carbocycles. The van der Waals surface area contributed by atoms with Crippen molar-refractivity contribution in [3.63, 3.8) is 0 Å². The molecule has 1 aliphatic heterocycles. The van der Waals surface area contributed by atoms with Crippen molar-refractivity contribution in [2.24, 2.45) is 0 Å². The SMILES string of the molecule is Cc1cc(N)ccc1NC(=O)CCN1CCNC(=O)C1. The van der Waals surface area contributed by atoms with Crippen molar-refractivity contribution in [2.75, 3.05) is 37.2 Å². The lowest BCUT2D eigenvalue weighted by Crippen LogP contribution is -2.48. The zero-order valence-corrected chi connectivity index (χ0v) is 11.6. The van der Waals surface area contributed by atoms with Crippen LogP contribution in [0.1, 0.15) is 12.0 Å². The van der Waals surface area contributed by atoms with Crippen molar-refractivity contribution in [2.45, 2.75) is 13.3 Å². The number of nitrogen functional groups attached to an aromatic ring is 1. The van der Waals surface area contributed by atoms with Crippen LogP contribution in [0.3, 0.4) is 0 Å². The van der Waals surface area contributed by atoms with Crippen LogP contribution in [0.5, 0.6) is 0 Å². The number of carbonyl (C=O) groups is 2.